The van der Waals surface area contributed by atoms with Gasteiger partial charge in [0.25, 0.3) is 0 Å². The third kappa shape index (κ3) is 2.32. The molecule has 0 saturated carbocycles. The number of benzene rings is 1. The lowest BCUT2D eigenvalue weighted by atomic mass is 10.1. The van der Waals surface area contributed by atoms with Crippen LogP contribution in [0, 0.1) is 0 Å². The highest BCUT2D eigenvalue weighted by Crippen LogP contribution is 2.38. The van der Waals surface area contributed by atoms with Gasteiger partial charge in [-0.1, -0.05) is 27.7 Å². The topological polar surface area (TPSA) is 0 Å². The van der Waals surface area contributed by atoms with Gasteiger partial charge in [0, 0.05) is 19.2 Å². The molecule has 0 spiro atoms. The number of hydrogen-bond acceptors (Lipinski definition) is 2. The van der Waals surface area contributed by atoms with Gasteiger partial charge in [0.05, 0.1) is 0 Å². The van der Waals surface area contributed by atoms with Crippen molar-refractivity contribution in [3.05, 3.63) is 34.0 Å². The Hall–Kier alpha value is -0.860. The molecule has 19 heavy (non-hydrogen) atoms. The fourth-order valence-electron chi connectivity index (χ4n) is 2.34. The SMILES string of the molecule is CCC(C)c1cc2cc3sc(C(C)C)cc3cc2s1. The van der Waals surface area contributed by atoms with Crippen molar-refractivity contribution in [3.63, 3.8) is 0 Å². The smallest absolute Gasteiger partial charge is 0.0352 e. The molecule has 0 fully saturated rings. The molecule has 0 aliphatic heterocycles. The normalized spacial score (nSPS) is 13.7. The molecule has 3 rings (SSSR count). The van der Waals surface area contributed by atoms with Crippen molar-refractivity contribution in [2.45, 2.75) is 46.0 Å². The van der Waals surface area contributed by atoms with Crippen molar-refractivity contribution in [3.8, 4) is 0 Å². The summed E-state index contributed by atoms with van der Waals surface area (Å²) in [7, 11) is 0. The average molecular weight is 288 g/mol. The highest BCUT2D eigenvalue weighted by Gasteiger charge is 2.11. The highest BCUT2D eigenvalue weighted by molar-refractivity contribution is 7.20. The Balaban J connectivity index is 2.15. The molecule has 100 valence electrons. The molecule has 0 bridgehead atoms. The average Bonchev–Trinajstić information content (AvgIpc) is 2.97. The van der Waals surface area contributed by atoms with Gasteiger partial charge in [0.2, 0.25) is 0 Å². The predicted octanol–water partition coefficient (Wildman–Crippen LogP) is 6.75. The lowest BCUT2D eigenvalue weighted by Gasteiger charge is -2.02. The molecule has 1 unspecified atom stereocenters. The number of thiophene rings is 2. The first-order chi connectivity index (χ1) is 9.08. The van der Waals surface area contributed by atoms with Gasteiger partial charge in [0.15, 0.2) is 0 Å². The van der Waals surface area contributed by atoms with Gasteiger partial charge in [0.1, 0.15) is 0 Å². The van der Waals surface area contributed by atoms with Crippen LogP contribution in [0.3, 0.4) is 0 Å². The standard InChI is InChI=1S/C17H20S2/c1-5-11(4)15-7-13-9-16-12(8-17(13)19-15)6-14(18-16)10(2)3/h6-11H,5H2,1-4H3. The van der Waals surface area contributed by atoms with Crippen LogP contribution in [0.1, 0.15) is 55.7 Å². The van der Waals surface area contributed by atoms with Crippen LogP contribution in [-0.2, 0) is 0 Å². The van der Waals surface area contributed by atoms with Crippen LogP contribution in [0.4, 0.5) is 0 Å². The van der Waals surface area contributed by atoms with Crippen molar-refractivity contribution in [1.29, 1.82) is 0 Å². The number of fused-ring (bicyclic) bond motifs is 2. The van der Waals surface area contributed by atoms with E-state index in [-0.39, 0.29) is 0 Å². The zero-order chi connectivity index (χ0) is 13.6. The first-order valence-corrected chi connectivity index (χ1v) is 8.68. The fourth-order valence-corrected chi connectivity index (χ4v) is 4.67. The minimum absolute atomic E-state index is 0.631. The molecule has 2 heterocycles. The molecule has 1 aromatic carbocycles. The number of hydrogen-bond donors (Lipinski definition) is 0. The summed E-state index contributed by atoms with van der Waals surface area (Å²) in [5.41, 5.74) is 0. The molecule has 3 aromatic rings. The summed E-state index contributed by atoms with van der Waals surface area (Å²) in [4.78, 5) is 3.02. The summed E-state index contributed by atoms with van der Waals surface area (Å²) in [6.45, 7) is 9.13. The van der Waals surface area contributed by atoms with Gasteiger partial charge >= 0.3 is 0 Å². The third-order valence-electron chi connectivity index (χ3n) is 3.86. The molecule has 0 N–H and O–H groups in total. The minimum atomic E-state index is 0.631. The van der Waals surface area contributed by atoms with Gasteiger partial charge in [-0.2, -0.15) is 0 Å². The van der Waals surface area contributed by atoms with Gasteiger partial charge in [-0.3, -0.25) is 0 Å². The van der Waals surface area contributed by atoms with Gasteiger partial charge < -0.3 is 0 Å². The molecule has 0 aliphatic rings. The zero-order valence-electron chi connectivity index (χ0n) is 12.0. The third-order valence-corrected chi connectivity index (χ3v) is 6.59. The maximum absolute atomic E-state index is 2.39. The van der Waals surface area contributed by atoms with Crippen LogP contribution in [0.2, 0.25) is 0 Å². The van der Waals surface area contributed by atoms with E-state index in [2.05, 4.69) is 52.0 Å². The van der Waals surface area contributed by atoms with Crippen molar-refractivity contribution < 1.29 is 0 Å². The van der Waals surface area contributed by atoms with E-state index in [0.717, 1.165) is 0 Å². The Morgan fingerprint density at radius 3 is 1.89 bits per heavy atom. The Morgan fingerprint density at radius 1 is 0.842 bits per heavy atom. The van der Waals surface area contributed by atoms with E-state index in [9.17, 15) is 0 Å². The lowest BCUT2D eigenvalue weighted by molar-refractivity contribution is 0.748. The maximum Gasteiger partial charge on any atom is 0.0352 e. The summed E-state index contributed by atoms with van der Waals surface area (Å²) < 4.78 is 2.88. The Bertz CT molecular complexity index is 664. The van der Waals surface area contributed by atoms with Crippen molar-refractivity contribution in [2.24, 2.45) is 0 Å². The summed E-state index contributed by atoms with van der Waals surface area (Å²) in [6, 6.07) is 9.52. The van der Waals surface area contributed by atoms with Crippen LogP contribution in [-0.4, -0.2) is 0 Å². The van der Waals surface area contributed by atoms with Crippen molar-refractivity contribution in [2.75, 3.05) is 0 Å². The second-order valence-electron chi connectivity index (χ2n) is 5.69. The first-order valence-electron chi connectivity index (χ1n) is 7.05. The van der Waals surface area contributed by atoms with Crippen LogP contribution < -0.4 is 0 Å². The molecule has 0 radical (unpaired) electrons. The predicted molar refractivity (Wildman–Crippen MR) is 90.0 cm³/mol. The monoisotopic (exact) mass is 288 g/mol. The summed E-state index contributed by atoms with van der Waals surface area (Å²) >= 11 is 3.92. The van der Waals surface area contributed by atoms with Crippen molar-refractivity contribution in [1.82, 2.24) is 0 Å². The van der Waals surface area contributed by atoms with E-state index in [1.807, 2.05) is 22.7 Å². The molecule has 2 heteroatoms. The summed E-state index contributed by atoms with van der Waals surface area (Å²) in [5, 5.41) is 2.84. The van der Waals surface area contributed by atoms with E-state index < -0.39 is 0 Å². The second kappa shape index (κ2) is 4.92. The van der Waals surface area contributed by atoms with Gasteiger partial charge in [-0.05, 0) is 53.3 Å². The molecule has 0 nitrogen and oxygen atoms in total. The van der Waals surface area contributed by atoms with Crippen LogP contribution in [0.25, 0.3) is 20.2 Å². The fraction of sp³-hybridized carbons (Fsp3) is 0.412. The maximum atomic E-state index is 2.39. The van der Waals surface area contributed by atoms with E-state index in [4.69, 9.17) is 0 Å². The first kappa shape index (κ1) is 13.1. The van der Waals surface area contributed by atoms with Crippen molar-refractivity contribution >= 4 is 42.8 Å². The van der Waals surface area contributed by atoms with E-state index in [1.54, 1.807) is 0 Å². The minimum Gasteiger partial charge on any atom is -0.140 e. The van der Waals surface area contributed by atoms with E-state index in [1.165, 1.54) is 36.3 Å². The zero-order valence-corrected chi connectivity index (χ0v) is 13.6. The van der Waals surface area contributed by atoms with E-state index >= 15 is 0 Å². The van der Waals surface area contributed by atoms with Crippen LogP contribution in [0.15, 0.2) is 24.3 Å². The molecule has 2 aromatic heterocycles. The quantitative estimate of drug-likeness (QED) is 0.500. The van der Waals surface area contributed by atoms with Gasteiger partial charge in [-0.15, -0.1) is 22.7 Å². The highest BCUT2D eigenvalue weighted by atomic mass is 32.1. The van der Waals surface area contributed by atoms with E-state index in [0.29, 0.717) is 11.8 Å². The molecular weight excluding hydrogens is 268 g/mol. The second-order valence-corrected chi connectivity index (χ2v) is 7.92. The Kier molecular flexibility index (Phi) is 3.40. The Morgan fingerprint density at radius 2 is 1.37 bits per heavy atom. The van der Waals surface area contributed by atoms with Crippen LogP contribution >= 0.6 is 22.7 Å². The summed E-state index contributed by atoms with van der Waals surface area (Å²) in [6.07, 6.45) is 1.22. The van der Waals surface area contributed by atoms with Gasteiger partial charge in [-0.25, -0.2) is 0 Å². The number of rotatable bonds is 3. The molecular formula is C17H20S2. The molecule has 1 atom stereocenters. The largest absolute Gasteiger partial charge is 0.140 e. The Labute approximate surface area is 123 Å². The lowest BCUT2D eigenvalue weighted by Crippen LogP contribution is -1.84. The molecule has 0 aliphatic carbocycles. The van der Waals surface area contributed by atoms with Crippen LogP contribution in [0.5, 0.6) is 0 Å². The molecule has 0 amide bonds. The molecule has 0 saturated heterocycles. The summed E-state index contributed by atoms with van der Waals surface area (Å²) in [5.74, 6) is 1.31.